The topological polar surface area (TPSA) is 50.4 Å². The first-order valence-electron chi connectivity index (χ1n) is 9.19. The molecule has 26 heavy (non-hydrogen) atoms. The fourth-order valence-corrected chi connectivity index (χ4v) is 2.87. The summed E-state index contributed by atoms with van der Waals surface area (Å²) in [4.78, 5) is 12.0. The van der Waals surface area contributed by atoms with Gasteiger partial charge < -0.3 is 15.4 Å². The number of hydrogen-bond donors (Lipinski definition) is 2. The molecule has 4 nitrogen and oxygen atoms in total. The molecule has 0 saturated carbocycles. The molecule has 0 saturated heterocycles. The van der Waals surface area contributed by atoms with Crippen molar-refractivity contribution in [3.05, 3.63) is 52.1 Å². The Balaban J connectivity index is 1.71. The normalized spacial score (nSPS) is 10.4. The first kappa shape index (κ1) is 20.6. The van der Waals surface area contributed by atoms with Crippen molar-refractivity contribution in [3.8, 4) is 5.75 Å². The van der Waals surface area contributed by atoms with E-state index in [0.29, 0.717) is 0 Å². The molecule has 0 aliphatic carbocycles. The van der Waals surface area contributed by atoms with E-state index in [9.17, 15) is 4.79 Å². The predicted octanol–water partition coefficient (Wildman–Crippen LogP) is 5.69. The van der Waals surface area contributed by atoms with Gasteiger partial charge in [0.25, 0.3) is 0 Å². The number of rotatable bonds is 11. The molecular formula is C21H27IN2O2. The molecule has 0 radical (unpaired) electrons. The van der Waals surface area contributed by atoms with Crippen LogP contribution < -0.4 is 15.4 Å². The number of carbonyl (C=O) groups excluding carboxylic acids is 1. The highest BCUT2D eigenvalue weighted by Crippen LogP contribution is 2.18. The number of carbonyl (C=O) groups is 1. The monoisotopic (exact) mass is 466 g/mol. The van der Waals surface area contributed by atoms with Gasteiger partial charge in [0.1, 0.15) is 5.75 Å². The number of unbranched alkanes of at least 4 members (excludes halogenated alkanes) is 4. The molecule has 0 spiro atoms. The third-order valence-corrected chi connectivity index (χ3v) is 4.65. The zero-order valence-electron chi connectivity index (χ0n) is 15.3. The third kappa shape index (κ3) is 8.08. The summed E-state index contributed by atoms with van der Waals surface area (Å²) in [5.41, 5.74) is 1.68. The van der Waals surface area contributed by atoms with Gasteiger partial charge in [-0.15, -0.1) is 0 Å². The minimum absolute atomic E-state index is 0.0755. The van der Waals surface area contributed by atoms with Crippen molar-refractivity contribution in [1.82, 2.24) is 0 Å². The molecule has 140 valence electrons. The Labute approximate surface area is 169 Å². The van der Waals surface area contributed by atoms with Crippen LogP contribution in [0.1, 0.15) is 39.0 Å². The number of ether oxygens (including phenoxy) is 1. The number of anilines is 2. The van der Waals surface area contributed by atoms with Crippen LogP contribution in [0.5, 0.6) is 5.75 Å². The van der Waals surface area contributed by atoms with E-state index in [1.807, 2.05) is 48.5 Å². The number of benzene rings is 2. The third-order valence-electron chi connectivity index (χ3n) is 3.93. The number of hydrogen-bond acceptors (Lipinski definition) is 3. The molecule has 2 rings (SSSR count). The molecule has 0 aromatic heterocycles. The molecule has 0 heterocycles. The summed E-state index contributed by atoms with van der Waals surface area (Å²) in [6, 6.07) is 15.5. The number of amides is 1. The van der Waals surface area contributed by atoms with Crippen molar-refractivity contribution < 1.29 is 9.53 Å². The zero-order valence-corrected chi connectivity index (χ0v) is 17.4. The van der Waals surface area contributed by atoms with Crippen LogP contribution in [0.15, 0.2) is 48.5 Å². The fourth-order valence-electron chi connectivity index (χ4n) is 2.51. The Morgan fingerprint density at radius 1 is 1.00 bits per heavy atom. The molecule has 0 fully saturated rings. The molecule has 0 bridgehead atoms. The van der Waals surface area contributed by atoms with E-state index in [0.717, 1.165) is 33.7 Å². The van der Waals surface area contributed by atoms with Gasteiger partial charge in [-0.2, -0.15) is 0 Å². The minimum Gasteiger partial charge on any atom is -0.494 e. The maximum absolute atomic E-state index is 12.0. The molecule has 0 aliphatic heterocycles. The SMILES string of the molecule is CCCCCCCOc1cccc(NCC(=O)Nc2ccc(I)cc2)c1. The number of halogens is 1. The van der Waals surface area contributed by atoms with Crippen LogP contribution in [0.2, 0.25) is 0 Å². The Kier molecular flexibility index (Phi) is 9.31. The van der Waals surface area contributed by atoms with Gasteiger partial charge in [-0.3, -0.25) is 4.79 Å². The summed E-state index contributed by atoms with van der Waals surface area (Å²) in [7, 11) is 0. The smallest absolute Gasteiger partial charge is 0.243 e. The van der Waals surface area contributed by atoms with Crippen LogP contribution in [-0.4, -0.2) is 19.1 Å². The van der Waals surface area contributed by atoms with Gasteiger partial charge >= 0.3 is 0 Å². The summed E-state index contributed by atoms with van der Waals surface area (Å²) in [6.07, 6.45) is 6.12. The van der Waals surface area contributed by atoms with Crippen molar-refractivity contribution in [2.75, 3.05) is 23.8 Å². The van der Waals surface area contributed by atoms with E-state index in [1.54, 1.807) is 0 Å². The maximum atomic E-state index is 12.0. The molecule has 2 aromatic carbocycles. The fraction of sp³-hybridized carbons (Fsp3) is 0.381. The van der Waals surface area contributed by atoms with Gasteiger partial charge in [-0.25, -0.2) is 0 Å². The first-order valence-corrected chi connectivity index (χ1v) is 10.3. The van der Waals surface area contributed by atoms with E-state index in [-0.39, 0.29) is 12.5 Å². The van der Waals surface area contributed by atoms with Crippen LogP contribution >= 0.6 is 22.6 Å². The second kappa shape index (κ2) is 11.8. The lowest BCUT2D eigenvalue weighted by Gasteiger charge is -2.10. The summed E-state index contributed by atoms with van der Waals surface area (Å²) >= 11 is 2.24. The molecule has 1 amide bonds. The molecular weight excluding hydrogens is 439 g/mol. The quantitative estimate of drug-likeness (QED) is 0.331. The van der Waals surface area contributed by atoms with E-state index in [2.05, 4.69) is 40.1 Å². The van der Waals surface area contributed by atoms with E-state index in [4.69, 9.17) is 4.74 Å². The highest BCUT2D eigenvalue weighted by molar-refractivity contribution is 14.1. The van der Waals surface area contributed by atoms with E-state index in [1.165, 1.54) is 25.7 Å². The average Bonchev–Trinajstić information content (AvgIpc) is 2.65. The van der Waals surface area contributed by atoms with E-state index >= 15 is 0 Å². The van der Waals surface area contributed by atoms with Crippen LogP contribution in [0.4, 0.5) is 11.4 Å². The molecule has 2 aromatic rings. The second-order valence-electron chi connectivity index (χ2n) is 6.20. The largest absolute Gasteiger partial charge is 0.494 e. The van der Waals surface area contributed by atoms with Crippen molar-refractivity contribution in [3.63, 3.8) is 0 Å². The molecule has 0 atom stereocenters. The summed E-state index contributed by atoms with van der Waals surface area (Å²) in [5.74, 6) is 0.761. The van der Waals surface area contributed by atoms with Crippen molar-refractivity contribution >= 4 is 39.9 Å². The van der Waals surface area contributed by atoms with Crippen LogP contribution in [0.3, 0.4) is 0 Å². The van der Waals surface area contributed by atoms with E-state index < -0.39 is 0 Å². The predicted molar refractivity (Wildman–Crippen MR) is 117 cm³/mol. The summed E-state index contributed by atoms with van der Waals surface area (Å²) in [6.45, 7) is 3.17. The van der Waals surface area contributed by atoms with Crippen LogP contribution in [0.25, 0.3) is 0 Å². The Morgan fingerprint density at radius 2 is 1.77 bits per heavy atom. The Hall–Kier alpha value is -1.76. The number of nitrogens with one attached hydrogen (secondary N) is 2. The van der Waals surface area contributed by atoms with Crippen molar-refractivity contribution in [2.24, 2.45) is 0 Å². The summed E-state index contributed by atoms with van der Waals surface area (Å²) in [5, 5.41) is 6.02. The Bertz CT molecular complexity index is 674. The minimum atomic E-state index is -0.0755. The first-order chi connectivity index (χ1) is 12.7. The van der Waals surface area contributed by atoms with Gasteiger partial charge in [0.2, 0.25) is 5.91 Å². The van der Waals surface area contributed by atoms with Gasteiger partial charge in [0.05, 0.1) is 13.2 Å². The van der Waals surface area contributed by atoms with Crippen LogP contribution in [0, 0.1) is 3.57 Å². The molecule has 0 unspecified atom stereocenters. The maximum Gasteiger partial charge on any atom is 0.243 e. The molecule has 0 aliphatic rings. The molecule has 5 heteroatoms. The van der Waals surface area contributed by atoms with Gasteiger partial charge in [-0.05, 0) is 65.4 Å². The zero-order chi connectivity index (χ0) is 18.6. The van der Waals surface area contributed by atoms with Gasteiger partial charge in [0, 0.05) is 21.0 Å². The van der Waals surface area contributed by atoms with Crippen molar-refractivity contribution in [1.29, 1.82) is 0 Å². The highest BCUT2D eigenvalue weighted by Gasteiger charge is 2.03. The van der Waals surface area contributed by atoms with Gasteiger partial charge in [0.15, 0.2) is 0 Å². The highest BCUT2D eigenvalue weighted by atomic mass is 127. The van der Waals surface area contributed by atoms with Crippen LogP contribution in [-0.2, 0) is 4.79 Å². The van der Waals surface area contributed by atoms with Gasteiger partial charge in [-0.1, -0.05) is 38.7 Å². The molecule has 2 N–H and O–H groups in total. The lowest BCUT2D eigenvalue weighted by Crippen LogP contribution is -2.21. The standard InChI is InChI=1S/C21H27IN2O2/c1-2-3-4-5-6-14-26-20-9-7-8-19(15-20)23-16-21(25)24-18-12-10-17(22)11-13-18/h7-13,15,23H,2-6,14,16H2,1H3,(H,24,25). The Morgan fingerprint density at radius 3 is 2.54 bits per heavy atom. The lowest BCUT2D eigenvalue weighted by molar-refractivity contribution is -0.114. The average molecular weight is 466 g/mol. The lowest BCUT2D eigenvalue weighted by atomic mass is 10.2. The second-order valence-corrected chi connectivity index (χ2v) is 7.44. The van der Waals surface area contributed by atoms with Crippen molar-refractivity contribution in [2.45, 2.75) is 39.0 Å². The summed E-state index contributed by atoms with van der Waals surface area (Å²) < 4.78 is 6.94.